The van der Waals surface area contributed by atoms with Gasteiger partial charge in [-0.2, -0.15) is 0 Å². The van der Waals surface area contributed by atoms with E-state index in [0.717, 1.165) is 5.69 Å². The molecule has 0 aliphatic carbocycles. The highest BCUT2D eigenvalue weighted by atomic mass is 15.2. The average Bonchev–Trinajstić information content (AvgIpc) is 2.63. The first-order valence-corrected chi connectivity index (χ1v) is 5.47. The molecule has 4 nitrogen and oxygen atoms in total. The van der Waals surface area contributed by atoms with Crippen molar-refractivity contribution in [3.05, 3.63) is 18.0 Å². The minimum Gasteiger partial charge on any atom is -0.368 e. The van der Waals surface area contributed by atoms with Gasteiger partial charge in [0.15, 0.2) is 0 Å². The molecule has 0 unspecified atom stereocenters. The number of anilines is 1. The molecule has 2 heterocycles. The molecule has 0 saturated carbocycles. The van der Waals surface area contributed by atoms with E-state index in [1.165, 1.54) is 19.4 Å². The summed E-state index contributed by atoms with van der Waals surface area (Å²) in [5, 5.41) is 0. The number of nitrogens with two attached hydrogens (primary N) is 1. The van der Waals surface area contributed by atoms with E-state index in [2.05, 4.69) is 28.8 Å². The molecule has 0 bridgehead atoms. The number of hydrogen-bond donors (Lipinski definition) is 1. The maximum absolute atomic E-state index is 5.59. The molecule has 1 aromatic rings. The summed E-state index contributed by atoms with van der Waals surface area (Å²) in [6, 6.07) is 2.56. The van der Waals surface area contributed by atoms with Crippen LogP contribution in [0.4, 0.5) is 5.95 Å². The number of likely N-dealkylation sites (N-methyl/N-ethyl adjacent to an activating group) is 1. The van der Waals surface area contributed by atoms with Crippen molar-refractivity contribution in [2.75, 3.05) is 19.3 Å². The summed E-state index contributed by atoms with van der Waals surface area (Å²) < 4.78 is 0. The highest BCUT2D eigenvalue weighted by molar-refractivity contribution is 5.20. The highest BCUT2D eigenvalue weighted by Crippen LogP contribution is 2.28. The van der Waals surface area contributed by atoms with E-state index in [9.17, 15) is 0 Å². The highest BCUT2D eigenvalue weighted by Gasteiger charge is 2.28. The number of rotatable bonds is 2. The molecular formula is C11H18N4. The minimum atomic E-state index is 0.375. The molecule has 1 saturated heterocycles. The van der Waals surface area contributed by atoms with Crippen LogP contribution in [0.5, 0.6) is 0 Å². The predicted octanol–water partition coefficient (Wildman–Crippen LogP) is 1.26. The average molecular weight is 206 g/mol. The first kappa shape index (κ1) is 10.4. The normalized spacial score (nSPS) is 24.3. The Morgan fingerprint density at radius 3 is 3.00 bits per heavy atom. The van der Waals surface area contributed by atoms with Gasteiger partial charge < -0.3 is 10.6 Å². The Kier molecular flexibility index (Phi) is 2.86. The van der Waals surface area contributed by atoms with Crippen LogP contribution in [-0.2, 0) is 0 Å². The third-order valence-electron chi connectivity index (χ3n) is 3.32. The summed E-state index contributed by atoms with van der Waals surface area (Å²) in [7, 11) is 2.18. The Hall–Kier alpha value is -1.16. The molecular weight excluding hydrogens is 188 g/mol. The van der Waals surface area contributed by atoms with Gasteiger partial charge >= 0.3 is 0 Å². The fourth-order valence-corrected chi connectivity index (χ4v) is 2.41. The molecule has 1 aliphatic rings. The molecule has 15 heavy (non-hydrogen) atoms. The molecule has 0 aromatic carbocycles. The van der Waals surface area contributed by atoms with Gasteiger partial charge in [-0.25, -0.2) is 9.97 Å². The molecule has 1 aromatic heterocycles. The zero-order valence-electron chi connectivity index (χ0n) is 9.35. The molecule has 0 spiro atoms. The molecule has 2 atom stereocenters. The molecule has 0 radical (unpaired) electrons. The Balaban J connectivity index is 2.16. The summed E-state index contributed by atoms with van der Waals surface area (Å²) in [5.41, 5.74) is 6.65. The van der Waals surface area contributed by atoms with Gasteiger partial charge in [0, 0.05) is 18.2 Å². The quantitative estimate of drug-likeness (QED) is 0.791. The zero-order chi connectivity index (χ0) is 10.8. The lowest BCUT2D eigenvalue weighted by atomic mass is 9.96. The van der Waals surface area contributed by atoms with Gasteiger partial charge in [-0.3, -0.25) is 0 Å². The van der Waals surface area contributed by atoms with Crippen LogP contribution < -0.4 is 5.73 Å². The lowest BCUT2D eigenvalue weighted by Gasteiger charge is -2.25. The van der Waals surface area contributed by atoms with E-state index in [4.69, 9.17) is 5.73 Å². The van der Waals surface area contributed by atoms with Crippen molar-refractivity contribution in [1.82, 2.24) is 14.9 Å². The zero-order valence-corrected chi connectivity index (χ0v) is 9.35. The van der Waals surface area contributed by atoms with Gasteiger partial charge in [0.05, 0.1) is 5.69 Å². The van der Waals surface area contributed by atoms with Gasteiger partial charge in [0.2, 0.25) is 5.95 Å². The summed E-state index contributed by atoms with van der Waals surface area (Å²) in [4.78, 5) is 10.6. The maximum Gasteiger partial charge on any atom is 0.220 e. The van der Waals surface area contributed by atoms with Gasteiger partial charge in [0.1, 0.15) is 0 Å². The number of nitrogen functional groups attached to an aromatic ring is 1. The van der Waals surface area contributed by atoms with Crippen LogP contribution >= 0.6 is 0 Å². The fourth-order valence-electron chi connectivity index (χ4n) is 2.41. The van der Waals surface area contributed by atoms with Crippen molar-refractivity contribution in [1.29, 1.82) is 0 Å². The Morgan fingerprint density at radius 2 is 2.40 bits per heavy atom. The van der Waals surface area contributed by atoms with Crippen molar-refractivity contribution in [2.24, 2.45) is 0 Å². The van der Waals surface area contributed by atoms with Crippen molar-refractivity contribution in [2.45, 2.75) is 31.7 Å². The second-order valence-corrected chi connectivity index (χ2v) is 4.32. The number of aromatic nitrogens is 2. The van der Waals surface area contributed by atoms with E-state index in [1.54, 1.807) is 6.20 Å². The van der Waals surface area contributed by atoms with Crippen molar-refractivity contribution in [3.63, 3.8) is 0 Å². The second kappa shape index (κ2) is 4.14. The maximum atomic E-state index is 5.59. The number of hydrogen-bond acceptors (Lipinski definition) is 4. The van der Waals surface area contributed by atoms with Crippen LogP contribution in [0.2, 0.25) is 0 Å². The van der Waals surface area contributed by atoms with E-state index < -0.39 is 0 Å². The fraction of sp³-hybridized carbons (Fsp3) is 0.636. The van der Waals surface area contributed by atoms with Gasteiger partial charge in [0.25, 0.3) is 0 Å². The Morgan fingerprint density at radius 1 is 1.60 bits per heavy atom. The molecule has 1 fully saturated rings. The molecule has 82 valence electrons. The second-order valence-electron chi connectivity index (χ2n) is 4.32. The van der Waals surface area contributed by atoms with Crippen LogP contribution in [0.3, 0.4) is 0 Å². The van der Waals surface area contributed by atoms with Crippen LogP contribution in [0.1, 0.15) is 31.4 Å². The largest absolute Gasteiger partial charge is 0.368 e. The Bertz CT molecular complexity index is 339. The van der Waals surface area contributed by atoms with E-state index in [-0.39, 0.29) is 0 Å². The number of likely N-dealkylation sites (tertiary alicyclic amines) is 1. The third-order valence-corrected chi connectivity index (χ3v) is 3.32. The molecule has 4 heteroatoms. The smallest absolute Gasteiger partial charge is 0.220 e. The van der Waals surface area contributed by atoms with E-state index >= 15 is 0 Å². The molecule has 2 rings (SSSR count). The Labute approximate surface area is 90.5 Å². The van der Waals surface area contributed by atoms with Crippen LogP contribution in [0.15, 0.2) is 12.3 Å². The van der Waals surface area contributed by atoms with Crippen molar-refractivity contribution in [3.8, 4) is 0 Å². The van der Waals surface area contributed by atoms with E-state index in [0.29, 0.717) is 17.9 Å². The summed E-state index contributed by atoms with van der Waals surface area (Å²) in [5.74, 6) is 0.808. The van der Waals surface area contributed by atoms with Gasteiger partial charge in [-0.1, -0.05) is 6.92 Å². The molecule has 0 amide bonds. The van der Waals surface area contributed by atoms with Crippen LogP contribution in [-0.4, -0.2) is 34.5 Å². The first-order valence-electron chi connectivity index (χ1n) is 5.47. The van der Waals surface area contributed by atoms with Gasteiger partial charge in [-0.15, -0.1) is 0 Å². The standard InChI is InChI=1S/C11H18N4/c1-8(10-4-3-7-15(10)2)9-5-6-13-11(12)14-9/h5-6,8,10H,3-4,7H2,1-2H3,(H2,12,13,14)/t8-,10+/m0/s1. The monoisotopic (exact) mass is 206 g/mol. The van der Waals surface area contributed by atoms with Gasteiger partial charge in [-0.05, 0) is 32.5 Å². The minimum absolute atomic E-state index is 0.375. The molecule has 2 N–H and O–H groups in total. The summed E-state index contributed by atoms with van der Waals surface area (Å²) >= 11 is 0. The lowest BCUT2D eigenvalue weighted by Crippen LogP contribution is -2.30. The lowest BCUT2D eigenvalue weighted by molar-refractivity contribution is 0.276. The predicted molar refractivity (Wildman–Crippen MR) is 60.5 cm³/mol. The summed E-state index contributed by atoms with van der Waals surface area (Å²) in [6.45, 7) is 3.41. The van der Waals surface area contributed by atoms with Crippen LogP contribution in [0.25, 0.3) is 0 Å². The topological polar surface area (TPSA) is 55.0 Å². The number of nitrogens with zero attached hydrogens (tertiary/aromatic N) is 3. The van der Waals surface area contributed by atoms with Crippen LogP contribution in [0, 0.1) is 0 Å². The summed E-state index contributed by atoms with van der Waals surface area (Å²) in [6.07, 6.45) is 4.27. The van der Waals surface area contributed by atoms with Crippen molar-refractivity contribution < 1.29 is 0 Å². The molecule has 1 aliphatic heterocycles. The van der Waals surface area contributed by atoms with E-state index in [1.807, 2.05) is 6.07 Å². The third kappa shape index (κ3) is 2.09. The first-order chi connectivity index (χ1) is 7.18. The SMILES string of the molecule is C[C@@H](c1ccnc(N)n1)[C@H]1CCCN1C. The van der Waals surface area contributed by atoms with Crippen molar-refractivity contribution >= 4 is 5.95 Å².